The predicted molar refractivity (Wildman–Crippen MR) is 92.6 cm³/mol. The van der Waals surface area contributed by atoms with Crippen LogP contribution >= 0.6 is 31.9 Å². The first-order valence-electron chi connectivity index (χ1n) is 7.79. The molecule has 3 nitrogen and oxygen atoms in total. The van der Waals surface area contributed by atoms with Crippen LogP contribution in [0.2, 0.25) is 0 Å². The predicted octanol–water partition coefficient (Wildman–Crippen LogP) is 4.05. The zero-order valence-electron chi connectivity index (χ0n) is 12.1. The fourth-order valence-corrected chi connectivity index (χ4v) is 5.05. The molecule has 1 aliphatic carbocycles. The molecule has 1 saturated carbocycles. The SMILES string of the molecule is Oc1c(Br)cc(Br)cc1[C@H](C1CCCC1)N1CCNCC1. The molecule has 0 amide bonds. The van der Waals surface area contributed by atoms with Gasteiger partial charge in [0.2, 0.25) is 0 Å². The number of halogens is 2. The zero-order chi connectivity index (χ0) is 14.8. The Hall–Kier alpha value is -0.100. The van der Waals surface area contributed by atoms with E-state index in [1.165, 1.54) is 25.7 Å². The molecule has 1 heterocycles. The summed E-state index contributed by atoms with van der Waals surface area (Å²) in [7, 11) is 0. The number of aromatic hydroxyl groups is 1. The van der Waals surface area contributed by atoms with Gasteiger partial charge in [-0.2, -0.15) is 0 Å². The average Bonchev–Trinajstić information content (AvgIpc) is 2.99. The molecule has 0 unspecified atom stereocenters. The molecule has 21 heavy (non-hydrogen) atoms. The second-order valence-electron chi connectivity index (χ2n) is 6.10. The summed E-state index contributed by atoms with van der Waals surface area (Å²) >= 11 is 7.06. The van der Waals surface area contributed by atoms with Gasteiger partial charge in [-0.25, -0.2) is 0 Å². The highest BCUT2D eigenvalue weighted by Crippen LogP contribution is 2.45. The number of nitrogens with zero attached hydrogens (tertiary/aromatic N) is 1. The van der Waals surface area contributed by atoms with Crippen LogP contribution in [0.25, 0.3) is 0 Å². The highest BCUT2D eigenvalue weighted by Gasteiger charge is 2.34. The Kier molecular flexibility index (Phi) is 5.25. The Morgan fingerprint density at radius 3 is 2.48 bits per heavy atom. The maximum absolute atomic E-state index is 10.6. The van der Waals surface area contributed by atoms with Crippen molar-refractivity contribution < 1.29 is 5.11 Å². The first-order valence-corrected chi connectivity index (χ1v) is 9.38. The number of phenols is 1. The van der Waals surface area contributed by atoms with E-state index in [1.807, 2.05) is 6.07 Å². The summed E-state index contributed by atoms with van der Waals surface area (Å²) in [6.07, 6.45) is 5.20. The fraction of sp³-hybridized carbons (Fsp3) is 0.625. The van der Waals surface area contributed by atoms with E-state index in [0.29, 0.717) is 17.7 Å². The fourth-order valence-electron chi connectivity index (χ4n) is 3.79. The van der Waals surface area contributed by atoms with Crippen LogP contribution in [0, 0.1) is 5.92 Å². The molecule has 5 heteroatoms. The van der Waals surface area contributed by atoms with E-state index in [9.17, 15) is 5.11 Å². The average molecular weight is 418 g/mol. The summed E-state index contributed by atoms with van der Waals surface area (Å²) < 4.78 is 1.81. The quantitative estimate of drug-likeness (QED) is 0.778. The second kappa shape index (κ2) is 6.99. The normalized spacial score (nSPS) is 22.6. The van der Waals surface area contributed by atoms with Gasteiger partial charge in [-0.1, -0.05) is 28.8 Å². The Morgan fingerprint density at radius 1 is 1.14 bits per heavy atom. The number of benzene rings is 1. The van der Waals surface area contributed by atoms with Crippen LogP contribution in [0.1, 0.15) is 37.3 Å². The smallest absolute Gasteiger partial charge is 0.134 e. The molecule has 0 bridgehead atoms. The molecule has 1 saturated heterocycles. The van der Waals surface area contributed by atoms with Crippen molar-refractivity contribution in [2.75, 3.05) is 26.2 Å². The van der Waals surface area contributed by atoms with Crippen molar-refractivity contribution in [1.29, 1.82) is 0 Å². The van der Waals surface area contributed by atoms with E-state index in [0.717, 1.165) is 40.7 Å². The molecule has 0 radical (unpaired) electrons. The highest BCUT2D eigenvalue weighted by atomic mass is 79.9. The van der Waals surface area contributed by atoms with E-state index in [4.69, 9.17) is 0 Å². The molecule has 1 atom stereocenters. The van der Waals surface area contributed by atoms with Crippen molar-refractivity contribution in [2.45, 2.75) is 31.7 Å². The van der Waals surface area contributed by atoms with Gasteiger partial charge < -0.3 is 10.4 Å². The number of hydrogen-bond acceptors (Lipinski definition) is 3. The van der Waals surface area contributed by atoms with Gasteiger partial charge in [-0.3, -0.25) is 4.90 Å². The number of phenolic OH excluding ortho intramolecular Hbond substituents is 1. The molecule has 1 aromatic rings. The lowest BCUT2D eigenvalue weighted by Gasteiger charge is -2.39. The molecule has 116 valence electrons. The van der Waals surface area contributed by atoms with Crippen LogP contribution < -0.4 is 5.32 Å². The first-order chi connectivity index (χ1) is 10.2. The summed E-state index contributed by atoms with van der Waals surface area (Å²) in [5, 5.41) is 14.0. The maximum Gasteiger partial charge on any atom is 0.134 e. The summed E-state index contributed by atoms with van der Waals surface area (Å²) in [5.41, 5.74) is 1.07. The zero-order valence-corrected chi connectivity index (χ0v) is 15.3. The van der Waals surface area contributed by atoms with Gasteiger partial charge in [-0.05, 0) is 46.8 Å². The third-order valence-electron chi connectivity index (χ3n) is 4.77. The Morgan fingerprint density at radius 2 is 1.81 bits per heavy atom. The van der Waals surface area contributed by atoms with E-state index in [1.54, 1.807) is 0 Å². The van der Waals surface area contributed by atoms with E-state index < -0.39 is 0 Å². The monoisotopic (exact) mass is 416 g/mol. The van der Waals surface area contributed by atoms with Crippen molar-refractivity contribution in [3.8, 4) is 5.75 Å². The number of rotatable bonds is 3. The summed E-state index contributed by atoms with van der Waals surface area (Å²) in [4.78, 5) is 2.56. The van der Waals surface area contributed by atoms with Gasteiger partial charge in [0.1, 0.15) is 5.75 Å². The van der Waals surface area contributed by atoms with Crippen molar-refractivity contribution in [3.05, 3.63) is 26.6 Å². The van der Waals surface area contributed by atoms with Gasteiger partial charge in [0, 0.05) is 42.3 Å². The molecule has 3 rings (SSSR count). The van der Waals surface area contributed by atoms with Gasteiger partial charge in [0.15, 0.2) is 0 Å². The Balaban J connectivity index is 1.97. The number of hydrogen-bond donors (Lipinski definition) is 2. The second-order valence-corrected chi connectivity index (χ2v) is 7.87. The molecule has 2 N–H and O–H groups in total. The largest absolute Gasteiger partial charge is 0.506 e. The van der Waals surface area contributed by atoms with Crippen LogP contribution in [-0.2, 0) is 0 Å². The van der Waals surface area contributed by atoms with E-state index in [-0.39, 0.29) is 0 Å². The number of nitrogens with one attached hydrogen (secondary N) is 1. The third-order valence-corrected chi connectivity index (χ3v) is 5.83. The highest BCUT2D eigenvalue weighted by molar-refractivity contribution is 9.11. The molecule has 2 fully saturated rings. The Labute approximate surface area is 143 Å². The lowest BCUT2D eigenvalue weighted by molar-refractivity contribution is 0.123. The van der Waals surface area contributed by atoms with Gasteiger partial charge in [-0.15, -0.1) is 0 Å². The third kappa shape index (κ3) is 3.46. The van der Waals surface area contributed by atoms with Gasteiger partial charge >= 0.3 is 0 Å². The molecule has 1 aliphatic heterocycles. The minimum absolute atomic E-state index is 0.336. The summed E-state index contributed by atoms with van der Waals surface area (Å²) in [5.74, 6) is 1.07. The van der Waals surface area contributed by atoms with Crippen LogP contribution in [0.5, 0.6) is 5.75 Å². The molecular weight excluding hydrogens is 396 g/mol. The van der Waals surface area contributed by atoms with Crippen LogP contribution in [0.15, 0.2) is 21.1 Å². The minimum atomic E-state index is 0.336. The summed E-state index contributed by atoms with van der Waals surface area (Å²) in [6.45, 7) is 4.20. The topological polar surface area (TPSA) is 35.5 Å². The van der Waals surface area contributed by atoms with Crippen LogP contribution in [0.3, 0.4) is 0 Å². The number of piperazine rings is 1. The molecule has 1 aromatic carbocycles. The minimum Gasteiger partial charge on any atom is -0.506 e. The van der Waals surface area contributed by atoms with Gasteiger partial charge in [0.05, 0.1) is 4.47 Å². The first kappa shape index (κ1) is 15.8. The van der Waals surface area contributed by atoms with Gasteiger partial charge in [0.25, 0.3) is 0 Å². The maximum atomic E-state index is 10.6. The lowest BCUT2D eigenvalue weighted by atomic mass is 9.89. The Bertz CT molecular complexity index is 497. The molecule has 0 spiro atoms. The standard InChI is InChI=1S/C16H22Br2N2O/c17-12-9-13(16(21)14(18)10-12)15(11-3-1-2-4-11)20-7-5-19-6-8-20/h9-11,15,19,21H,1-8H2/t15-/m0/s1. The van der Waals surface area contributed by atoms with E-state index >= 15 is 0 Å². The van der Waals surface area contributed by atoms with E-state index in [2.05, 4.69) is 48.1 Å². The van der Waals surface area contributed by atoms with Crippen molar-refractivity contribution in [1.82, 2.24) is 10.2 Å². The van der Waals surface area contributed by atoms with Crippen LogP contribution in [-0.4, -0.2) is 36.2 Å². The van der Waals surface area contributed by atoms with Crippen molar-refractivity contribution >= 4 is 31.9 Å². The lowest BCUT2D eigenvalue weighted by Crippen LogP contribution is -2.46. The van der Waals surface area contributed by atoms with Crippen LogP contribution in [0.4, 0.5) is 0 Å². The molecular formula is C16H22Br2N2O. The summed E-state index contributed by atoms with van der Waals surface area (Å²) in [6, 6.07) is 4.36. The van der Waals surface area contributed by atoms with Crippen molar-refractivity contribution in [2.24, 2.45) is 5.92 Å². The molecule has 0 aromatic heterocycles. The van der Waals surface area contributed by atoms with Crippen molar-refractivity contribution in [3.63, 3.8) is 0 Å². The molecule has 2 aliphatic rings.